The molecule has 2 aromatic rings. The summed E-state index contributed by atoms with van der Waals surface area (Å²) >= 11 is 2.56. The number of hydrogen-bond donors (Lipinski definition) is 0. The van der Waals surface area contributed by atoms with Crippen molar-refractivity contribution in [3.8, 4) is 11.5 Å². The first kappa shape index (κ1) is 11.9. The zero-order chi connectivity index (χ0) is 12.1. The Labute approximate surface area is 106 Å². The molecule has 0 saturated carbocycles. The van der Waals surface area contributed by atoms with Gasteiger partial charge in [0.25, 0.3) is 0 Å². The molecule has 0 aliphatic heterocycles. The van der Waals surface area contributed by atoms with Gasteiger partial charge in [-0.3, -0.25) is 9.59 Å². The predicted molar refractivity (Wildman–Crippen MR) is 66.4 cm³/mol. The van der Waals surface area contributed by atoms with Crippen LogP contribution >= 0.6 is 22.7 Å². The van der Waals surface area contributed by atoms with Crippen molar-refractivity contribution in [3.63, 3.8) is 0 Å². The summed E-state index contributed by atoms with van der Waals surface area (Å²) in [7, 11) is 1.10. The first-order valence-corrected chi connectivity index (χ1v) is 6.31. The highest BCUT2D eigenvalue weighted by Crippen LogP contribution is 2.24. The van der Waals surface area contributed by atoms with Gasteiger partial charge in [0.1, 0.15) is 21.3 Å². The van der Waals surface area contributed by atoms with Crippen molar-refractivity contribution in [2.75, 3.05) is 0 Å². The van der Waals surface area contributed by atoms with E-state index in [-0.39, 0.29) is 0 Å². The number of hydrogen-bond acceptors (Lipinski definition) is 6. The Balaban J connectivity index is 1.92. The molecule has 0 aromatic carbocycles. The van der Waals surface area contributed by atoms with Crippen LogP contribution in [0.1, 0.15) is 19.3 Å². The van der Waals surface area contributed by atoms with E-state index < -0.39 is 0 Å². The Bertz CT molecular complexity index is 474. The Morgan fingerprint density at radius 2 is 1.41 bits per heavy atom. The summed E-state index contributed by atoms with van der Waals surface area (Å²) < 4.78 is 10.3. The molecule has 0 atom stereocenters. The van der Waals surface area contributed by atoms with E-state index >= 15 is 0 Å². The summed E-state index contributed by atoms with van der Waals surface area (Å²) in [5.41, 5.74) is 0. The average Bonchev–Trinajstić information content (AvgIpc) is 2.97. The highest BCUT2D eigenvalue weighted by Gasteiger charge is 2.10. The molecule has 2 heterocycles. The molecule has 0 amide bonds. The number of rotatable bonds is 6. The molecule has 0 saturated heterocycles. The molecular weight excluding hydrogens is 259 g/mol. The van der Waals surface area contributed by atoms with E-state index in [2.05, 4.69) is 0 Å². The van der Waals surface area contributed by atoms with Crippen LogP contribution in [0.15, 0.2) is 22.9 Å². The van der Waals surface area contributed by atoms with Gasteiger partial charge in [0.15, 0.2) is 12.6 Å². The number of carbonyl (C=O) groups is 2. The van der Waals surface area contributed by atoms with Gasteiger partial charge in [-0.2, -0.15) is 0 Å². The highest BCUT2D eigenvalue weighted by atomic mass is 32.1. The minimum atomic E-state index is 0.438. The second-order valence-electron chi connectivity index (χ2n) is 2.87. The van der Waals surface area contributed by atoms with Gasteiger partial charge >= 0.3 is 7.69 Å². The van der Waals surface area contributed by atoms with Crippen LogP contribution in [0.25, 0.3) is 0 Å². The molecular formula is C10H6BO4S2. The van der Waals surface area contributed by atoms with Crippen LogP contribution in [-0.4, -0.2) is 20.3 Å². The third-order valence-corrected chi connectivity index (χ3v) is 3.53. The zero-order valence-corrected chi connectivity index (χ0v) is 10.1. The first-order valence-electron chi connectivity index (χ1n) is 4.55. The Morgan fingerprint density at radius 3 is 1.82 bits per heavy atom. The van der Waals surface area contributed by atoms with Crippen LogP contribution in [0.4, 0.5) is 0 Å². The summed E-state index contributed by atoms with van der Waals surface area (Å²) in [4.78, 5) is 22.2. The van der Waals surface area contributed by atoms with Crippen molar-refractivity contribution in [1.82, 2.24) is 0 Å². The topological polar surface area (TPSA) is 52.6 Å². The molecule has 0 spiro atoms. The van der Waals surface area contributed by atoms with Crippen LogP contribution in [0, 0.1) is 0 Å². The van der Waals surface area contributed by atoms with Crippen molar-refractivity contribution in [2.24, 2.45) is 0 Å². The predicted octanol–water partition coefficient (Wildman–Crippen LogP) is 2.43. The molecule has 7 heteroatoms. The Kier molecular flexibility index (Phi) is 3.95. The smallest absolute Gasteiger partial charge is 0.525 e. The lowest BCUT2D eigenvalue weighted by atomic mass is 10.3. The van der Waals surface area contributed by atoms with Crippen molar-refractivity contribution in [1.29, 1.82) is 0 Å². The van der Waals surface area contributed by atoms with Gasteiger partial charge in [0.2, 0.25) is 0 Å². The molecule has 4 nitrogen and oxygen atoms in total. The molecule has 0 aliphatic rings. The zero-order valence-electron chi connectivity index (χ0n) is 8.49. The second-order valence-corrected chi connectivity index (χ2v) is 4.76. The van der Waals surface area contributed by atoms with Crippen LogP contribution < -0.4 is 9.31 Å². The van der Waals surface area contributed by atoms with Crippen LogP contribution in [0.5, 0.6) is 11.5 Å². The summed E-state index contributed by atoms with van der Waals surface area (Å²) in [6, 6.07) is 3.34. The normalized spacial score (nSPS) is 9.65. The molecule has 2 aromatic heterocycles. The lowest BCUT2D eigenvalue weighted by Crippen LogP contribution is -2.11. The standard InChI is InChI=1S/C10H6BO4S2/c12-5-9-7(1-3-16-9)14-11-15-8-2-4-17-10(8)6-13/h1-6H. The minimum absolute atomic E-state index is 0.438. The maximum atomic E-state index is 10.6. The van der Waals surface area contributed by atoms with Crippen LogP contribution in [0.2, 0.25) is 0 Å². The molecule has 17 heavy (non-hydrogen) atoms. The van der Waals surface area contributed by atoms with Gasteiger partial charge < -0.3 is 9.31 Å². The van der Waals surface area contributed by atoms with E-state index in [0.717, 1.165) is 20.3 Å². The fourth-order valence-corrected chi connectivity index (χ4v) is 2.37. The fraction of sp³-hybridized carbons (Fsp3) is 0. The molecule has 1 radical (unpaired) electrons. The summed E-state index contributed by atoms with van der Waals surface area (Å²) in [6.07, 6.45) is 1.44. The molecule has 0 unspecified atom stereocenters. The average molecular weight is 265 g/mol. The summed E-state index contributed by atoms with van der Waals surface area (Å²) in [5, 5.41) is 3.49. The SMILES string of the molecule is O=Cc1sccc1O[B]Oc1ccsc1C=O. The van der Waals surface area contributed by atoms with Gasteiger partial charge in [-0.1, -0.05) is 0 Å². The van der Waals surface area contributed by atoms with E-state index in [9.17, 15) is 9.59 Å². The molecule has 0 fully saturated rings. The van der Waals surface area contributed by atoms with Crippen molar-refractivity contribution < 1.29 is 18.9 Å². The van der Waals surface area contributed by atoms with E-state index in [1.54, 1.807) is 22.9 Å². The number of thiophene rings is 2. The molecule has 0 bridgehead atoms. The van der Waals surface area contributed by atoms with Crippen molar-refractivity contribution >= 4 is 42.9 Å². The number of carbonyl (C=O) groups excluding carboxylic acids is 2. The Morgan fingerprint density at radius 1 is 0.941 bits per heavy atom. The van der Waals surface area contributed by atoms with Crippen LogP contribution in [-0.2, 0) is 0 Å². The molecule has 2 rings (SSSR count). The van der Waals surface area contributed by atoms with Crippen molar-refractivity contribution in [2.45, 2.75) is 0 Å². The number of aldehydes is 2. The third kappa shape index (κ3) is 2.75. The van der Waals surface area contributed by atoms with Gasteiger partial charge in [0, 0.05) is 0 Å². The van der Waals surface area contributed by atoms with Crippen molar-refractivity contribution in [3.05, 3.63) is 32.6 Å². The maximum Gasteiger partial charge on any atom is 0.658 e. The first-order chi connectivity index (χ1) is 8.35. The molecule has 0 N–H and O–H groups in total. The quantitative estimate of drug-likeness (QED) is 0.594. The molecule has 0 aliphatic carbocycles. The lowest BCUT2D eigenvalue weighted by Gasteiger charge is -2.04. The molecule has 85 valence electrons. The Hall–Kier alpha value is -1.60. The summed E-state index contributed by atoms with van der Waals surface area (Å²) in [6.45, 7) is 0. The van der Waals surface area contributed by atoms with Gasteiger partial charge in [-0.05, 0) is 22.9 Å². The van der Waals surface area contributed by atoms with E-state index in [0.29, 0.717) is 21.3 Å². The minimum Gasteiger partial charge on any atom is -0.525 e. The maximum absolute atomic E-state index is 10.6. The highest BCUT2D eigenvalue weighted by molar-refractivity contribution is 7.12. The van der Waals surface area contributed by atoms with E-state index in [4.69, 9.17) is 9.31 Å². The monoisotopic (exact) mass is 265 g/mol. The summed E-state index contributed by atoms with van der Waals surface area (Å²) in [5.74, 6) is 0.876. The lowest BCUT2D eigenvalue weighted by molar-refractivity contribution is 0.111. The van der Waals surface area contributed by atoms with Gasteiger partial charge in [-0.15, -0.1) is 22.7 Å². The van der Waals surface area contributed by atoms with Gasteiger partial charge in [0.05, 0.1) is 0 Å². The van der Waals surface area contributed by atoms with Gasteiger partial charge in [-0.25, -0.2) is 0 Å². The largest absolute Gasteiger partial charge is 0.658 e. The third-order valence-electron chi connectivity index (χ3n) is 1.88. The van der Waals surface area contributed by atoms with E-state index in [1.165, 1.54) is 22.7 Å². The van der Waals surface area contributed by atoms with Crippen LogP contribution in [0.3, 0.4) is 0 Å². The fourth-order valence-electron chi connectivity index (χ4n) is 1.11. The second kappa shape index (κ2) is 5.65. The van der Waals surface area contributed by atoms with E-state index in [1.807, 2.05) is 0 Å².